The van der Waals surface area contributed by atoms with Crippen LogP contribution < -0.4 is 11.3 Å². The van der Waals surface area contributed by atoms with Gasteiger partial charge in [0, 0.05) is 18.7 Å². The van der Waals surface area contributed by atoms with Crippen LogP contribution in [-0.4, -0.2) is 43.8 Å². The first-order valence-corrected chi connectivity index (χ1v) is 6.31. The maximum atomic E-state index is 13.6. The number of nitrogens with one attached hydrogen (secondary N) is 1. The molecular formula is C13H19F2N3O. The number of benzene rings is 1. The van der Waals surface area contributed by atoms with Crippen molar-refractivity contribution in [2.24, 2.45) is 5.84 Å². The van der Waals surface area contributed by atoms with Gasteiger partial charge in [0.1, 0.15) is 11.6 Å². The average molecular weight is 271 g/mol. The van der Waals surface area contributed by atoms with Crippen molar-refractivity contribution in [3.8, 4) is 0 Å². The molecule has 0 spiro atoms. The van der Waals surface area contributed by atoms with Gasteiger partial charge in [-0.15, -0.1) is 0 Å². The van der Waals surface area contributed by atoms with Gasteiger partial charge in [0.25, 0.3) is 0 Å². The van der Waals surface area contributed by atoms with Crippen LogP contribution in [0.25, 0.3) is 0 Å². The van der Waals surface area contributed by atoms with E-state index in [1.54, 1.807) is 0 Å². The SMILES string of the molecule is CN1CCOC(C(Cc2c(F)cccc2F)NN)C1. The van der Waals surface area contributed by atoms with Gasteiger partial charge in [-0.2, -0.15) is 0 Å². The predicted octanol–water partition coefficient (Wildman–Crippen LogP) is 0.670. The van der Waals surface area contributed by atoms with Crippen LogP contribution >= 0.6 is 0 Å². The zero-order valence-electron chi connectivity index (χ0n) is 10.9. The van der Waals surface area contributed by atoms with Crippen LogP contribution in [0.15, 0.2) is 18.2 Å². The fourth-order valence-electron chi connectivity index (χ4n) is 2.30. The average Bonchev–Trinajstić information content (AvgIpc) is 2.38. The smallest absolute Gasteiger partial charge is 0.129 e. The topological polar surface area (TPSA) is 50.5 Å². The fraction of sp³-hybridized carbons (Fsp3) is 0.538. The molecule has 2 rings (SSSR count). The Bertz CT molecular complexity index is 410. The fourth-order valence-corrected chi connectivity index (χ4v) is 2.30. The van der Waals surface area contributed by atoms with E-state index in [9.17, 15) is 8.78 Å². The summed E-state index contributed by atoms with van der Waals surface area (Å²) in [5.41, 5.74) is 2.65. The van der Waals surface area contributed by atoms with Crippen LogP contribution in [0.1, 0.15) is 5.56 Å². The Labute approximate surface area is 111 Å². The minimum atomic E-state index is -0.551. The Morgan fingerprint density at radius 1 is 1.47 bits per heavy atom. The first-order chi connectivity index (χ1) is 9.11. The van der Waals surface area contributed by atoms with E-state index < -0.39 is 11.6 Å². The molecule has 1 aromatic carbocycles. The lowest BCUT2D eigenvalue weighted by molar-refractivity contribution is -0.0386. The van der Waals surface area contributed by atoms with Crippen molar-refractivity contribution in [3.63, 3.8) is 0 Å². The second kappa shape index (κ2) is 6.38. The summed E-state index contributed by atoms with van der Waals surface area (Å²) < 4.78 is 32.9. The highest BCUT2D eigenvalue weighted by Gasteiger charge is 2.27. The summed E-state index contributed by atoms with van der Waals surface area (Å²) in [5.74, 6) is 4.40. The van der Waals surface area contributed by atoms with Gasteiger partial charge in [-0.05, 0) is 25.6 Å². The van der Waals surface area contributed by atoms with Crippen LogP contribution in [0.5, 0.6) is 0 Å². The highest BCUT2D eigenvalue weighted by Crippen LogP contribution is 2.17. The number of nitrogens with two attached hydrogens (primary N) is 1. The number of rotatable bonds is 4. The highest BCUT2D eigenvalue weighted by molar-refractivity contribution is 5.21. The maximum Gasteiger partial charge on any atom is 0.129 e. The normalized spacial score (nSPS) is 22.4. The Morgan fingerprint density at radius 3 is 2.74 bits per heavy atom. The highest BCUT2D eigenvalue weighted by atomic mass is 19.1. The largest absolute Gasteiger partial charge is 0.374 e. The molecule has 1 aliphatic rings. The Kier molecular flexibility index (Phi) is 4.81. The van der Waals surface area contributed by atoms with E-state index in [-0.39, 0.29) is 24.1 Å². The first-order valence-electron chi connectivity index (χ1n) is 6.31. The number of hydrogen-bond acceptors (Lipinski definition) is 4. The third-order valence-corrected chi connectivity index (χ3v) is 3.45. The summed E-state index contributed by atoms with van der Waals surface area (Å²) in [6, 6.07) is 3.53. The van der Waals surface area contributed by atoms with Crippen molar-refractivity contribution in [1.29, 1.82) is 0 Å². The van der Waals surface area contributed by atoms with Gasteiger partial charge >= 0.3 is 0 Å². The first kappa shape index (κ1) is 14.3. The Balaban J connectivity index is 2.10. The molecule has 0 bridgehead atoms. The van der Waals surface area contributed by atoms with Crippen LogP contribution in [-0.2, 0) is 11.2 Å². The van der Waals surface area contributed by atoms with Crippen LogP contribution in [0.4, 0.5) is 8.78 Å². The maximum absolute atomic E-state index is 13.6. The van der Waals surface area contributed by atoms with E-state index in [1.807, 2.05) is 7.05 Å². The van der Waals surface area contributed by atoms with Crippen molar-refractivity contribution in [3.05, 3.63) is 35.4 Å². The Hall–Kier alpha value is -1.08. The van der Waals surface area contributed by atoms with E-state index in [0.29, 0.717) is 13.2 Å². The lowest BCUT2D eigenvalue weighted by Gasteiger charge is -2.35. The molecule has 2 unspecified atom stereocenters. The summed E-state index contributed by atoms with van der Waals surface area (Å²) in [6.07, 6.45) is -0.0178. The molecule has 1 heterocycles. The molecule has 6 heteroatoms. The van der Waals surface area contributed by atoms with Gasteiger partial charge in [-0.25, -0.2) is 8.78 Å². The molecule has 0 radical (unpaired) electrons. The lowest BCUT2D eigenvalue weighted by Crippen LogP contribution is -2.54. The van der Waals surface area contributed by atoms with Crippen molar-refractivity contribution in [1.82, 2.24) is 10.3 Å². The van der Waals surface area contributed by atoms with Crippen molar-refractivity contribution in [2.75, 3.05) is 26.7 Å². The molecule has 0 saturated carbocycles. The number of morpholine rings is 1. The van der Waals surface area contributed by atoms with Crippen molar-refractivity contribution in [2.45, 2.75) is 18.6 Å². The van der Waals surface area contributed by atoms with E-state index in [2.05, 4.69) is 10.3 Å². The van der Waals surface area contributed by atoms with E-state index >= 15 is 0 Å². The van der Waals surface area contributed by atoms with Crippen LogP contribution in [0.3, 0.4) is 0 Å². The molecule has 19 heavy (non-hydrogen) atoms. The summed E-state index contributed by atoms with van der Waals surface area (Å²) in [7, 11) is 1.98. The second-order valence-electron chi connectivity index (χ2n) is 4.85. The number of likely N-dealkylation sites (N-methyl/N-ethyl adjacent to an activating group) is 1. The monoisotopic (exact) mass is 271 g/mol. The quantitative estimate of drug-likeness (QED) is 0.624. The predicted molar refractivity (Wildman–Crippen MR) is 68.4 cm³/mol. The molecule has 3 N–H and O–H groups in total. The number of ether oxygens (including phenoxy) is 1. The van der Waals surface area contributed by atoms with E-state index in [4.69, 9.17) is 10.6 Å². The number of hydrazine groups is 1. The van der Waals surface area contributed by atoms with Gasteiger partial charge in [0.05, 0.1) is 18.8 Å². The minimum absolute atomic E-state index is 0.0438. The third kappa shape index (κ3) is 3.48. The Morgan fingerprint density at radius 2 is 2.16 bits per heavy atom. The molecule has 4 nitrogen and oxygen atoms in total. The molecule has 0 aromatic heterocycles. The third-order valence-electron chi connectivity index (χ3n) is 3.45. The number of halogens is 2. The molecule has 1 aliphatic heterocycles. The molecule has 106 valence electrons. The second-order valence-corrected chi connectivity index (χ2v) is 4.85. The van der Waals surface area contributed by atoms with E-state index in [1.165, 1.54) is 18.2 Å². The van der Waals surface area contributed by atoms with Crippen LogP contribution in [0.2, 0.25) is 0 Å². The van der Waals surface area contributed by atoms with Gasteiger partial charge in [-0.3, -0.25) is 11.3 Å². The number of nitrogens with zero attached hydrogens (tertiary/aromatic N) is 1. The summed E-state index contributed by atoms with van der Waals surface area (Å²) in [4.78, 5) is 2.11. The van der Waals surface area contributed by atoms with Crippen LogP contribution in [0, 0.1) is 11.6 Å². The molecule has 1 fully saturated rings. The summed E-state index contributed by atoms with van der Waals surface area (Å²) in [6.45, 7) is 2.13. The van der Waals surface area contributed by atoms with Gasteiger partial charge in [0.2, 0.25) is 0 Å². The molecule has 0 amide bonds. The van der Waals surface area contributed by atoms with Gasteiger partial charge < -0.3 is 9.64 Å². The van der Waals surface area contributed by atoms with Crippen molar-refractivity contribution >= 4 is 0 Å². The minimum Gasteiger partial charge on any atom is -0.374 e. The zero-order chi connectivity index (χ0) is 13.8. The lowest BCUT2D eigenvalue weighted by atomic mass is 9.99. The number of hydrogen-bond donors (Lipinski definition) is 2. The summed E-state index contributed by atoms with van der Waals surface area (Å²) >= 11 is 0. The molecule has 2 atom stereocenters. The summed E-state index contributed by atoms with van der Waals surface area (Å²) in [5, 5.41) is 0. The zero-order valence-corrected chi connectivity index (χ0v) is 10.9. The molecule has 0 aliphatic carbocycles. The molecule has 1 aromatic rings. The molecular weight excluding hydrogens is 252 g/mol. The van der Waals surface area contributed by atoms with Gasteiger partial charge in [0.15, 0.2) is 0 Å². The molecule has 1 saturated heterocycles. The van der Waals surface area contributed by atoms with E-state index in [0.717, 1.165) is 6.54 Å². The van der Waals surface area contributed by atoms with Gasteiger partial charge in [-0.1, -0.05) is 6.07 Å². The standard InChI is InChI=1S/C13H19F2N3O/c1-18-5-6-19-13(8-18)12(17-16)7-9-10(14)3-2-4-11(9)15/h2-4,12-13,17H,5-8,16H2,1H3. The van der Waals surface area contributed by atoms with Crippen molar-refractivity contribution < 1.29 is 13.5 Å².